The number of fused-ring (bicyclic) bond motifs is 6. The lowest BCUT2D eigenvalue weighted by Crippen LogP contribution is -2.16. The second-order valence-corrected chi connectivity index (χ2v) is 10.3. The van der Waals surface area contributed by atoms with Gasteiger partial charge in [-0.1, -0.05) is 53.7 Å². The summed E-state index contributed by atoms with van der Waals surface area (Å²) >= 11 is 8.11. The summed E-state index contributed by atoms with van der Waals surface area (Å²) in [5, 5.41) is 8.54. The zero-order chi connectivity index (χ0) is 27.1. The third-order valence-corrected chi connectivity index (χ3v) is 7.93. The molecule has 0 fully saturated rings. The first-order chi connectivity index (χ1) is 19.0. The molecule has 6 rings (SSSR count). The molecule has 39 heavy (non-hydrogen) atoms. The summed E-state index contributed by atoms with van der Waals surface area (Å²) in [5.41, 5.74) is 5.29. The fraction of sp³-hybridized carbons (Fsp3) is 0.133. The molecule has 0 atom stereocenters. The van der Waals surface area contributed by atoms with E-state index in [0.717, 1.165) is 37.3 Å². The number of rotatable bonds is 5. The number of aromatic nitrogens is 1. The second kappa shape index (κ2) is 10.2. The Labute approximate surface area is 233 Å². The number of aromatic amines is 1. The molecule has 0 bridgehead atoms. The SMILES string of the molecule is CCOC(=O)Nc1ccc(Cl)cc1-c1c(C(=O)OCC)c2c(c3[nH]c4ccccc4c13)Sc1ccccc1N2. The zero-order valence-electron chi connectivity index (χ0n) is 21.2. The highest BCUT2D eigenvalue weighted by Crippen LogP contribution is 2.54. The maximum absolute atomic E-state index is 13.8. The van der Waals surface area contributed by atoms with Crippen LogP contribution in [0.4, 0.5) is 21.9 Å². The van der Waals surface area contributed by atoms with Gasteiger partial charge >= 0.3 is 12.1 Å². The van der Waals surface area contributed by atoms with Crippen LogP contribution >= 0.6 is 23.4 Å². The molecule has 2 heterocycles. The average molecular weight is 558 g/mol. The third kappa shape index (κ3) is 4.35. The van der Waals surface area contributed by atoms with E-state index in [4.69, 9.17) is 21.1 Å². The van der Waals surface area contributed by atoms with E-state index in [1.54, 1.807) is 43.8 Å². The molecule has 0 radical (unpaired) electrons. The van der Waals surface area contributed by atoms with E-state index in [2.05, 4.69) is 15.6 Å². The first-order valence-electron chi connectivity index (χ1n) is 12.5. The van der Waals surface area contributed by atoms with Gasteiger partial charge in [0.25, 0.3) is 0 Å². The Morgan fingerprint density at radius 3 is 2.56 bits per heavy atom. The number of hydrogen-bond acceptors (Lipinski definition) is 6. The van der Waals surface area contributed by atoms with Gasteiger partial charge in [-0.3, -0.25) is 5.32 Å². The van der Waals surface area contributed by atoms with Crippen LogP contribution in [-0.2, 0) is 9.47 Å². The molecular weight excluding hydrogens is 534 g/mol. The van der Waals surface area contributed by atoms with Crippen LogP contribution in [-0.4, -0.2) is 30.3 Å². The molecule has 196 valence electrons. The Morgan fingerprint density at radius 2 is 1.74 bits per heavy atom. The number of hydrogen-bond donors (Lipinski definition) is 3. The summed E-state index contributed by atoms with van der Waals surface area (Å²) in [6, 6.07) is 21.0. The molecular formula is C30H24ClN3O4S. The molecule has 4 aromatic carbocycles. The molecule has 3 N–H and O–H groups in total. The highest BCUT2D eigenvalue weighted by atomic mass is 35.5. The van der Waals surface area contributed by atoms with Crippen molar-refractivity contribution in [3.63, 3.8) is 0 Å². The summed E-state index contributed by atoms with van der Waals surface area (Å²) < 4.78 is 10.8. The summed E-state index contributed by atoms with van der Waals surface area (Å²) in [4.78, 5) is 31.8. The molecule has 0 saturated carbocycles. The minimum absolute atomic E-state index is 0.201. The molecule has 0 aliphatic carbocycles. The average Bonchev–Trinajstić information content (AvgIpc) is 3.32. The topological polar surface area (TPSA) is 92.4 Å². The van der Waals surface area contributed by atoms with Crippen LogP contribution in [0.15, 0.2) is 76.5 Å². The lowest BCUT2D eigenvalue weighted by atomic mass is 9.91. The monoisotopic (exact) mass is 557 g/mol. The molecule has 1 amide bonds. The Morgan fingerprint density at radius 1 is 0.974 bits per heavy atom. The number of amides is 1. The van der Waals surface area contributed by atoms with Crippen LogP contribution in [0.3, 0.4) is 0 Å². The number of ether oxygens (including phenoxy) is 2. The van der Waals surface area contributed by atoms with E-state index in [9.17, 15) is 9.59 Å². The summed E-state index contributed by atoms with van der Waals surface area (Å²) in [7, 11) is 0. The van der Waals surface area contributed by atoms with Crippen molar-refractivity contribution in [2.24, 2.45) is 0 Å². The number of nitrogens with one attached hydrogen (secondary N) is 3. The fourth-order valence-electron chi connectivity index (χ4n) is 4.97. The minimum atomic E-state index is -0.602. The van der Waals surface area contributed by atoms with Crippen molar-refractivity contribution in [1.29, 1.82) is 0 Å². The summed E-state index contributed by atoms with van der Waals surface area (Å²) in [6.45, 7) is 3.93. The van der Waals surface area contributed by atoms with Gasteiger partial charge < -0.3 is 19.8 Å². The minimum Gasteiger partial charge on any atom is -0.462 e. The zero-order valence-corrected chi connectivity index (χ0v) is 22.8. The van der Waals surface area contributed by atoms with Crippen molar-refractivity contribution in [3.05, 3.63) is 77.3 Å². The number of halogens is 1. The van der Waals surface area contributed by atoms with Crippen molar-refractivity contribution in [2.45, 2.75) is 23.6 Å². The Balaban J connectivity index is 1.76. The van der Waals surface area contributed by atoms with Gasteiger partial charge in [-0.25, -0.2) is 9.59 Å². The van der Waals surface area contributed by atoms with Gasteiger partial charge in [0, 0.05) is 37.3 Å². The van der Waals surface area contributed by atoms with Crippen LogP contribution in [0.25, 0.3) is 32.9 Å². The largest absolute Gasteiger partial charge is 0.462 e. The molecule has 0 spiro atoms. The van der Waals surface area contributed by atoms with Crippen LogP contribution in [0.1, 0.15) is 24.2 Å². The molecule has 9 heteroatoms. The van der Waals surface area contributed by atoms with Gasteiger partial charge in [-0.15, -0.1) is 0 Å². The normalized spacial score (nSPS) is 12.0. The standard InChI is InChI=1S/C30H24ClN3O4S/c1-3-37-29(35)25-23(18-15-16(31)13-14-20(18)34-30(36)38-4-2)24-17-9-5-6-10-19(17)32-26(24)28-27(25)33-21-11-7-8-12-22(21)39-28/h5-15,32-33H,3-4H2,1-2H3,(H,34,36). The number of esters is 1. The van der Waals surface area contributed by atoms with Gasteiger partial charge in [0.2, 0.25) is 0 Å². The lowest BCUT2D eigenvalue weighted by Gasteiger charge is -2.26. The number of H-pyrrole nitrogens is 1. The van der Waals surface area contributed by atoms with Crippen molar-refractivity contribution < 1.29 is 19.1 Å². The number of anilines is 3. The number of carbonyl (C=O) groups excluding carboxylic acids is 2. The summed E-state index contributed by atoms with van der Waals surface area (Å²) in [5.74, 6) is -0.481. The van der Waals surface area contributed by atoms with Crippen molar-refractivity contribution >= 4 is 74.3 Å². The smallest absolute Gasteiger partial charge is 0.411 e. The molecule has 1 aliphatic rings. The van der Waals surface area contributed by atoms with Gasteiger partial charge in [0.05, 0.1) is 46.3 Å². The van der Waals surface area contributed by atoms with Gasteiger partial charge in [0.15, 0.2) is 0 Å². The maximum Gasteiger partial charge on any atom is 0.411 e. The molecule has 7 nitrogen and oxygen atoms in total. The highest BCUT2D eigenvalue weighted by Gasteiger charge is 2.32. The first kappa shape index (κ1) is 25.2. The first-order valence-corrected chi connectivity index (χ1v) is 13.7. The van der Waals surface area contributed by atoms with Crippen molar-refractivity contribution in [3.8, 4) is 11.1 Å². The predicted molar refractivity (Wildman–Crippen MR) is 157 cm³/mol. The van der Waals surface area contributed by atoms with Crippen LogP contribution < -0.4 is 10.6 Å². The van der Waals surface area contributed by atoms with E-state index in [0.29, 0.717) is 33.1 Å². The van der Waals surface area contributed by atoms with Gasteiger partial charge in [-0.05, 0) is 50.2 Å². The summed E-state index contributed by atoms with van der Waals surface area (Å²) in [6.07, 6.45) is -0.602. The molecule has 5 aromatic rings. The van der Waals surface area contributed by atoms with E-state index < -0.39 is 12.1 Å². The maximum atomic E-state index is 13.8. The van der Waals surface area contributed by atoms with Crippen LogP contribution in [0.5, 0.6) is 0 Å². The Hall–Kier alpha value is -4.14. The molecule has 0 saturated heterocycles. The number of benzene rings is 4. The van der Waals surface area contributed by atoms with Crippen LogP contribution in [0.2, 0.25) is 5.02 Å². The van der Waals surface area contributed by atoms with Gasteiger partial charge in [-0.2, -0.15) is 0 Å². The predicted octanol–water partition coefficient (Wildman–Crippen LogP) is 8.59. The third-order valence-electron chi connectivity index (χ3n) is 6.51. The fourth-order valence-corrected chi connectivity index (χ4v) is 6.25. The molecule has 1 aliphatic heterocycles. The molecule has 1 aromatic heterocycles. The second-order valence-electron chi connectivity index (χ2n) is 8.85. The van der Waals surface area contributed by atoms with Crippen molar-refractivity contribution in [2.75, 3.05) is 23.8 Å². The quantitative estimate of drug-likeness (QED) is 0.184. The number of para-hydroxylation sites is 2. The van der Waals surface area contributed by atoms with E-state index >= 15 is 0 Å². The van der Waals surface area contributed by atoms with E-state index in [-0.39, 0.29) is 13.2 Å². The van der Waals surface area contributed by atoms with E-state index in [1.165, 1.54) is 0 Å². The Kier molecular flexibility index (Phi) is 6.58. The Bertz CT molecular complexity index is 1780. The van der Waals surface area contributed by atoms with Crippen molar-refractivity contribution in [1.82, 2.24) is 4.98 Å². The van der Waals surface area contributed by atoms with Gasteiger partial charge in [0.1, 0.15) is 0 Å². The lowest BCUT2D eigenvalue weighted by molar-refractivity contribution is 0.0528. The molecule has 0 unspecified atom stereocenters. The number of carbonyl (C=O) groups is 2. The highest BCUT2D eigenvalue weighted by molar-refractivity contribution is 8.00. The van der Waals surface area contributed by atoms with Crippen LogP contribution in [0, 0.1) is 0 Å². The van der Waals surface area contributed by atoms with E-state index in [1.807, 2.05) is 48.5 Å².